The SMILES string of the molecule is COc1ccc(O)c(C(C)NC(=O)C(F)C2CN(C(=O)OC(C)(C)C)C2)c1. The Morgan fingerprint density at radius 3 is 2.52 bits per heavy atom. The molecule has 0 aromatic heterocycles. The molecule has 1 aliphatic rings. The Balaban J connectivity index is 1.89. The topological polar surface area (TPSA) is 88.1 Å². The molecular formula is C19H27FN2O5. The van der Waals surface area contributed by atoms with Crippen LogP contribution < -0.4 is 10.1 Å². The summed E-state index contributed by atoms with van der Waals surface area (Å²) in [5.74, 6) is -0.853. The second-order valence-electron chi connectivity index (χ2n) is 7.70. The van der Waals surface area contributed by atoms with Gasteiger partial charge in [-0.25, -0.2) is 9.18 Å². The smallest absolute Gasteiger partial charge is 0.410 e. The first-order chi connectivity index (χ1) is 12.5. The van der Waals surface area contributed by atoms with Crippen LogP contribution in [0.1, 0.15) is 39.3 Å². The molecule has 2 rings (SSSR count). The quantitative estimate of drug-likeness (QED) is 0.818. The average molecular weight is 382 g/mol. The number of nitrogens with zero attached hydrogens (tertiary/aromatic N) is 1. The van der Waals surface area contributed by atoms with Gasteiger partial charge in [-0.05, 0) is 45.9 Å². The molecule has 2 atom stereocenters. The molecule has 1 aliphatic heterocycles. The lowest BCUT2D eigenvalue weighted by atomic mass is 9.94. The Hall–Kier alpha value is -2.51. The summed E-state index contributed by atoms with van der Waals surface area (Å²) in [5.41, 5.74) is -0.193. The first kappa shape index (κ1) is 20.8. The van der Waals surface area contributed by atoms with Gasteiger partial charge in [-0.3, -0.25) is 4.79 Å². The van der Waals surface area contributed by atoms with Gasteiger partial charge in [0.1, 0.15) is 17.1 Å². The minimum Gasteiger partial charge on any atom is -0.508 e. The van der Waals surface area contributed by atoms with E-state index in [0.29, 0.717) is 11.3 Å². The fraction of sp³-hybridized carbons (Fsp3) is 0.579. The highest BCUT2D eigenvalue weighted by molar-refractivity contribution is 5.82. The van der Waals surface area contributed by atoms with Crippen molar-refractivity contribution in [3.63, 3.8) is 0 Å². The number of phenols is 1. The van der Waals surface area contributed by atoms with Crippen molar-refractivity contribution in [3.8, 4) is 11.5 Å². The number of rotatable bonds is 5. The number of ether oxygens (including phenoxy) is 2. The number of alkyl halides is 1. The van der Waals surface area contributed by atoms with Crippen LogP contribution >= 0.6 is 0 Å². The molecule has 2 N–H and O–H groups in total. The molecule has 0 radical (unpaired) electrons. The van der Waals surface area contributed by atoms with E-state index < -0.39 is 35.7 Å². The Labute approximate surface area is 158 Å². The number of carbonyl (C=O) groups is 2. The first-order valence-corrected chi connectivity index (χ1v) is 8.81. The van der Waals surface area contributed by atoms with Crippen LogP contribution in [0.5, 0.6) is 11.5 Å². The van der Waals surface area contributed by atoms with Crippen LogP contribution in [0.25, 0.3) is 0 Å². The van der Waals surface area contributed by atoms with E-state index in [1.54, 1.807) is 39.8 Å². The maximum absolute atomic E-state index is 14.5. The number of hydrogen-bond acceptors (Lipinski definition) is 5. The molecule has 27 heavy (non-hydrogen) atoms. The van der Waals surface area contributed by atoms with Gasteiger partial charge in [0.15, 0.2) is 6.17 Å². The third-order valence-corrected chi connectivity index (χ3v) is 4.29. The molecule has 7 nitrogen and oxygen atoms in total. The zero-order chi connectivity index (χ0) is 20.4. The molecule has 1 aromatic rings. The van der Waals surface area contributed by atoms with Crippen molar-refractivity contribution in [1.29, 1.82) is 0 Å². The Bertz CT molecular complexity index is 698. The van der Waals surface area contributed by atoms with Gasteiger partial charge in [-0.1, -0.05) is 0 Å². The number of aromatic hydroxyl groups is 1. The number of benzene rings is 1. The normalized spacial score (nSPS) is 16.9. The number of hydrogen-bond donors (Lipinski definition) is 2. The van der Waals surface area contributed by atoms with Crippen LogP contribution in [0.3, 0.4) is 0 Å². The minimum atomic E-state index is -1.75. The van der Waals surface area contributed by atoms with Crippen LogP contribution in [-0.2, 0) is 9.53 Å². The number of halogens is 1. The number of carbonyl (C=O) groups excluding carboxylic acids is 2. The summed E-state index contributed by atoms with van der Waals surface area (Å²) < 4.78 is 24.8. The Morgan fingerprint density at radius 2 is 1.96 bits per heavy atom. The van der Waals surface area contributed by atoms with Crippen molar-refractivity contribution in [2.75, 3.05) is 20.2 Å². The summed E-state index contributed by atoms with van der Waals surface area (Å²) in [6.45, 7) is 7.16. The molecule has 8 heteroatoms. The van der Waals surface area contributed by atoms with E-state index in [1.165, 1.54) is 18.1 Å². The summed E-state index contributed by atoms with van der Waals surface area (Å²) in [6, 6.07) is 4.02. The molecule has 1 fully saturated rings. The molecular weight excluding hydrogens is 355 g/mol. The van der Waals surface area contributed by atoms with Gasteiger partial charge in [-0.2, -0.15) is 0 Å². The van der Waals surface area contributed by atoms with Crippen LogP contribution in [-0.4, -0.2) is 54.0 Å². The van der Waals surface area contributed by atoms with Crippen molar-refractivity contribution < 1.29 is 28.6 Å². The van der Waals surface area contributed by atoms with Crippen molar-refractivity contribution in [2.45, 2.75) is 45.5 Å². The number of likely N-dealkylation sites (tertiary alicyclic amines) is 1. The lowest BCUT2D eigenvalue weighted by Gasteiger charge is -2.40. The highest BCUT2D eigenvalue weighted by atomic mass is 19.1. The standard InChI is InChI=1S/C19H27FN2O5/c1-11(14-8-13(26-5)6-7-15(14)23)21-17(24)16(20)12-9-22(10-12)18(25)27-19(2,3)4/h6-8,11-12,16,23H,9-10H2,1-5H3,(H,21,24). The number of amides is 2. The highest BCUT2D eigenvalue weighted by Crippen LogP contribution is 2.29. The Morgan fingerprint density at radius 1 is 1.33 bits per heavy atom. The van der Waals surface area contributed by atoms with Gasteiger partial charge in [0.25, 0.3) is 5.91 Å². The number of nitrogens with one attached hydrogen (secondary N) is 1. The molecule has 1 saturated heterocycles. The van der Waals surface area contributed by atoms with E-state index in [0.717, 1.165) is 0 Å². The molecule has 1 heterocycles. The third-order valence-electron chi connectivity index (χ3n) is 4.29. The monoisotopic (exact) mass is 382 g/mol. The van der Waals surface area contributed by atoms with Gasteiger partial charge >= 0.3 is 6.09 Å². The zero-order valence-electron chi connectivity index (χ0n) is 16.3. The predicted octanol–water partition coefficient (Wildman–Crippen LogP) is 2.78. The molecule has 0 aliphatic carbocycles. The molecule has 2 unspecified atom stereocenters. The molecule has 0 saturated carbocycles. The van der Waals surface area contributed by atoms with Gasteiger partial charge < -0.3 is 24.8 Å². The van der Waals surface area contributed by atoms with Crippen LogP contribution in [0.4, 0.5) is 9.18 Å². The Kier molecular flexibility index (Phi) is 6.18. The van der Waals surface area contributed by atoms with Gasteiger partial charge in [0, 0.05) is 24.6 Å². The fourth-order valence-corrected chi connectivity index (χ4v) is 2.76. The van der Waals surface area contributed by atoms with Gasteiger partial charge in [0.2, 0.25) is 0 Å². The zero-order valence-corrected chi connectivity index (χ0v) is 16.3. The molecule has 150 valence electrons. The summed E-state index contributed by atoms with van der Waals surface area (Å²) in [7, 11) is 1.49. The van der Waals surface area contributed by atoms with Crippen molar-refractivity contribution in [2.24, 2.45) is 5.92 Å². The van der Waals surface area contributed by atoms with E-state index in [1.807, 2.05) is 0 Å². The second kappa shape index (κ2) is 8.02. The summed E-state index contributed by atoms with van der Waals surface area (Å²) in [4.78, 5) is 25.4. The van der Waals surface area contributed by atoms with E-state index in [4.69, 9.17) is 9.47 Å². The lowest BCUT2D eigenvalue weighted by molar-refractivity contribution is -0.131. The third kappa shape index (κ3) is 5.24. The molecule has 0 spiro atoms. The fourth-order valence-electron chi connectivity index (χ4n) is 2.76. The maximum Gasteiger partial charge on any atom is 0.410 e. The van der Waals surface area contributed by atoms with E-state index in [2.05, 4.69) is 5.32 Å². The van der Waals surface area contributed by atoms with E-state index in [9.17, 15) is 19.1 Å². The number of phenolic OH excluding ortho intramolecular Hbond substituents is 1. The average Bonchev–Trinajstić information content (AvgIpc) is 2.51. The molecule has 1 aromatic carbocycles. The second-order valence-corrected chi connectivity index (χ2v) is 7.70. The maximum atomic E-state index is 14.5. The first-order valence-electron chi connectivity index (χ1n) is 8.81. The van der Waals surface area contributed by atoms with Crippen molar-refractivity contribution in [3.05, 3.63) is 23.8 Å². The number of methoxy groups -OCH3 is 1. The summed E-state index contributed by atoms with van der Waals surface area (Å²) >= 11 is 0. The van der Waals surface area contributed by atoms with E-state index in [-0.39, 0.29) is 18.8 Å². The lowest BCUT2D eigenvalue weighted by Crippen LogP contribution is -2.57. The predicted molar refractivity (Wildman–Crippen MR) is 97.4 cm³/mol. The van der Waals surface area contributed by atoms with E-state index >= 15 is 0 Å². The van der Waals surface area contributed by atoms with Crippen LogP contribution in [0, 0.1) is 5.92 Å². The minimum absolute atomic E-state index is 0.0150. The summed E-state index contributed by atoms with van der Waals surface area (Å²) in [6.07, 6.45) is -2.26. The van der Waals surface area contributed by atoms with Crippen molar-refractivity contribution in [1.82, 2.24) is 10.2 Å². The van der Waals surface area contributed by atoms with Crippen molar-refractivity contribution >= 4 is 12.0 Å². The molecule has 0 bridgehead atoms. The van der Waals surface area contributed by atoms with Gasteiger partial charge in [-0.15, -0.1) is 0 Å². The van der Waals surface area contributed by atoms with Crippen LogP contribution in [0.2, 0.25) is 0 Å². The largest absolute Gasteiger partial charge is 0.508 e. The van der Waals surface area contributed by atoms with Crippen LogP contribution in [0.15, 0.2) is 18.2 Å². The van der Waals surface area contributed by atoms with Gasteiger partial charge in [0.05, 0.1) is 13.2 Å². The molecule has 2 amide bonds. The summed E-state index contributed by atoms with van der Waals surface area (Å²) in [5, 5.41) is 12.5. The highest BCUT2D eigenvalue weighted by Gasteiger charge is 2.41.